The highest BCUT2D eigenvalue weighted by atomic mass is 35.5. The molecule has 0 spiro atoms. The van der Waals surface area contributed by atoms with Crippen LogP contribution >= 0.6 is 35.0 Å². The number of amides is 1. The summed E-state index contributed by atoms with van der Waals surface area (Å²) in [6, 6.07) is 10.2. The van der Waals surface area contributed by atoms with Gasteiger partial charge in [0.15, 0.2) is 0 Å². The molecule has 1 N–H and O–H groups in total. The number of carbonyl (C=O) groups is 1. The first-order valence-corrected chi connectivity index (χ1v) is 7.92. The van der Waals surface area contributed by atoms with Gasteiger partial charge in [0.05, 0.1) is 21.5 Å². The molecule has 4 nitrogen and oxygen atoms in total. The molecule has 2 aromatic rings. The Morgan fingerprint density at radius 3 is 2.91 bits per heavy atom. The first kappa shape index (κ1) is 16.6. The lowest BCUT2D eigenvalue weighted by Crippen LogP contribution is -2.22. The van der Waals surface area contributed by atoms with E-state index in [9.17, 15) is 4.79 Å². The molecule has 0 aliphatic rings. The van der Waals surface area contributed by atoms with Crippen LogP contribution in [0.25, 0.3) is 0 Å². The Hall–Kier alpha value is -1.74. The third-order valence-corrected chi connectivity index (χ3v) is 4.42. The van der Waals surface area contributed by atoms with Gasteiger partial charge in [-0.05, 0) is 37.3 Å². The van der Waals surface area contributed by atoms with Crippen molar-refractivity contribution in [3.05, 3.63) is 52.1 Å². The monoisotopic (exact) mass is 351 g/mol. The second-order valence-corrected chi connectivity index (χ2v) is 6.51. The van der Waals surface area contributed by atoms with Gasteiger partial charge < -0.3 is 5.32 Å². The maximum absolute atomic E-state index is 12.2. The predicted octanol–water partition coefficient (Wildman–Crippen LogP) is 4.38. The van der Waals surface area contributed by atoms with Crippen LogP contribution < -0.4 is 5.32 Å². The van der Waals surface area contributed by atoms with Crippen LogP contribution in [0.1, 0.15) is 12.5 Å². The Morgan fingerprint density at radius 1 is 1.41 bits per heavy atom. The number of hydrogen-bond donors (Lipinski definition) is 1. The summed E-state index contributed by atoms with van der Waals surface area (Å²) in [6.45, 7) is 1.73. The molecule has 0 saturated heterocycles. The molecule has 0 fully saturated rings. The molecular formula is C15H11Cl2N3OS. The molecule has 112 valence electrons. The molecule has 7 heteroatoms. The van der Waals surface area contributed by atoms with Crippen LogP contribution in [0, 0.1) is 11.3 Å². The number of rotatable bonds is 4. The molecule has 0 saturated carbocycles. The normalized spacial score (nSPS) is 11.5. The zero-order valence-corrected chi connectivity index (χ0v) is 13.8. The summed E-state index contributed by atoms with van der Waals surface area (Å²) in [5, 5.41) is 12.7. The van der Waals surface area contributed by atoms with Crippen molar-refractivity contribution in [3.63, 3.8) is 0 Å². The van der Waals surface area contributed by atoms with E-state index in [1.807, 2.05) is 0 Å². The minimum absolute atomic E-state index is 0.247. The van der Waals surface area contributed by atoms with Crippen molar-refractivity contribution in [2.45, 2.75) is 17.2 Å². The summed E-state index contributed by atoms with van der Waals surface area (Å²) in [4.78, 5) is 16.4. The van der Waals surface area contributed by atoms with Crippen LogP contribution in [0.3, 0.4) is 0 Å². The van der Waals surface area contributed by atoms with E-state index >= 15 is 0 Å². The van der Waals surface area contributed by atoms with Gasteiger partial charge in [0.1, 0.15) is 11.1 Å². The molecule has 1 amide bonds. The van der Waals surface area contributed by atoms with Crippen LogP contribution in [0.5, 0.6) is 0 Å². The zero-order chi connectivity index (χ0) is 16.1. The first-order valence-electron chi connectivity index (χ1n) is 6.29. The smallest absolute Gasteiger partial charge is 0.237 e. The number of aromatic nitrogens is 1. The van der Waals surface area contributed by atoms with Crippen LogP contribution in [0.15, 0.2) is 41.6 Å². The Kier molecular flexibility index (Phi) is 5.67. The van der Waals surface area contributed by atoms with E-state index in [0.717, 1.165) is 0 Å². The number of nitriles is 1. The quantitative estimate of drug-likeness (QED) is 0.830. The molecule has 1 aromatic carbocycles. The van der Waals surface area contributed by atoms with Gasteiger partial charge in [-0.3, -0.25) is 4.79 Å². The number of halogens is 2. The van der Waals surface area contributed by atoms with E-state index in [1.54, 1.807) is 43.5 Å². The fourth-order valence-corrected chi connectivity index (χ4v) is 2.82. The fraction of sp³-hybridized carbons (Fsp3) is 0.133. The first-order chi connectivity index (χ1) is 10.5. The lowest BCUT2D eigenvalue weighted by atomic mass is 10.3. The van der Waals surface area contributed by atoms with E-state index in [0.29, 0.717) is 26.3 Å². The standard InChI is InChI=1S/C15H11Cl2N3OS/c1-9(22-15-10(8-18)3-2-6-19-15)14(21)20-13-7-11(16)4-5-12(13)17/h2-7,9H,1H3,(H,20,21)/t9-/m1/s1. The average molecular weight is 352 g/mol. The van der Waals surface area contributed by atoms with Gasteiger partial charge in [0.2, 0.25) is 5.91 Å². The number of anilines is 1. The van der Waals surface area contributed by atoms with Crippen molar-refractivity contribution in [1.82, 2.24) is 4.98 Å². The Bertz CT molecular complexity index is 746. The zero-order valence-electron chi connectivity index (χ0n) is 11.5. The second kappa shape index (κ2) is 7.50. The van der Waals surface area contributed by atoms with Crippen molar-refractivity contribution in [2.75, 3.05) is 5.32 Å². The summed E-state index contributed by atoms with van der Waals surface area (Å²) >= 11 is 13.1. The van der Waals surface area contributed by atoms with Gasteiger partial charge >= 0.3 is 0 Å². The van der Waals surface area contributed by atoms with Crippen LogP contribution in [-0.2, 0) is 4.79 Å². The van der Waals surface area contributed by atoms with Gasteiger partial charge in [-0.1, -0.05) is 35.0 Å². The molecule has 0 unspecified atom stereocenters. The van der Waals surface area contributed by atoms with Gasteiger partial charge in [-0.2, -0.15) is 5.26 Å². The molecule has 0 aliphatic heterocycles. The largest absolute Gasteiger partial charge is 0.324 e. The van der Waals surface area contributed by atoms with Crippen molar-refractivity contribution < 1.29 is 4.79 Å². The summed E-state index contributed by atoms with van der Waals surface area (Å²) in [7, 11) is 0. The average Bonchev–Trinajstić information content (AvgIpc) is 2.51. The number of benzene rings is 1. The molecule has 0 bridgehead atoms. The second-order valence-electron chi connectivity index (χ2n) is 4.34. The lowest BCUT2D eigenvalue weighted by molar-refractivity contribution is -0.115. The molecule has 0 aliphatic carbocycles. The van der Waals surface area contributed by atoms with Crippen molar-refractivity contribution in [1.29, 1.82) is 5.26 Å². The minimum Gasteiger partial charge on any atom is -0.324 e. The Morgan fingerprint density at radius 2 is 2.18 bits per heavy atom. The maximum Gasteiger partial charge on any atom is 0.237 e. The molecule has 2 rings (SSSR count). The molecule has 1 aromatic heterocycles. The topological polar surface area (TPSA) is 65.8 Å². The third kappa shape index (κ3) is 4.14. The third-order valence-electron chi connectivity index (χ3n) is 2.74. The number of thioether (sulfide) groups is 1. The number of nitrogens with zero attached hydrogens (tertiary/aromatic N) is 2. The number of carbonyl (C=O) groups excluding carboxylic acids is 1. The van der Waals surface area contributed by atoms with E-state index in [4.69, 9.17) is 28.5 Å². The van der Waals surface area contributed by atoms with Crippen LogP contribution in [0.4, 0.5) is 5.69 Å². The predicted molar refractivity (Wildman–Crippen MR) is 89.4 cm³/mol. The summed E-state index contributed by atoms with van der Waals surface area (Å²) in [5.74, 6) is -0.247. The lowest BCUT2D eigenvalue weighted by Gasteiger charge is -2.13. The molecular weight excluding hydrogens is 341 g/mol. The molecule has 0 radical (unpaired) electrons. The highest BCUT2D eigenvalue weighted by molar-refractivity contribution is 8.00. The SMILES string of the molecule is C[C@@H](Sc1ncccc1C#N)C(=O)Nc1cc(Cl)ccc1Cl. The molecule has 1 heterocycles. The molecule has 22 heavy (non-hydrogen) atoms. The summed E-state index contributed by atoms with van der Waals surface area (Å²) < 4.78 is 0. The highest BCUT2D eigenvalue weighted by Crippen LogP contribution is 2.28. The fourth-order valence-electron chi connectivity index (χ4n) is 1.62. The summed E-state index contributed by atoms with van der Waals surface area (Å²) in [6.07, 6.45) is 1.58. The van der Waals surface area contributed by atoms with Gasteiger partial charge in [0, 0.05) is 11.2 Å². The maximum atomic E-state index is 12.2. The van der Waals surface area contributed by atoms with Gasteiger partial charge in [-0.25, -0.2) is 4.98 Å². The molecule has 1 atom stereocenters. The summed E-state index contributed by atoms with van der Waals surface area (Å²) in [5.41, 5.74) is 0.890. The van der Waals surface area contributed by atoms with E-state index < -0.39 is 5.25 Å². The highest BCUT2D eigenvalue weighted by Gasteiger charge is 2.18. The van der Waals surface area contributed by atoms with Crippen LogP contribution in [-0.4, -0.2) is 16.1 Å². The van der Waals surface area contributed by atoms with Crippen LogP contribution in [0.2, 0.25) is 10.0 Å². The van der Waals surface area contributed by atoms with E-state index in [2.05, 4.69) is 16.4 Å². The number of hydrogen-bond acceptors (Lipinski definition) is 4. The van der Waals surface area contributed by atoms with Gasteiger partial charge in [-0.15, -0.1) is 0 Å². The Balaban J connectivity index is 2.10. The van der Waals surface area contributed by atoms with Crippen molar-refractivity contribution in [3.8, 4) is 6.07 Å². The van der Waals surface area contributed by atoms with Crippen molar-refractivity contribution in [2.24, 2.45) is 0 Å². The van der Waals surface area contributed by atoms with Gasteiger partial charge in [0.25, 0.3) is 0 Å². The number of pyridine rings is 1. The van der Waals surface area contributed by atoms with E-state index in [1.165, 1.54) is 11.8 Å². The van der Waals surface area contributed by atoms with E-state index in [-0.39, 0.29) is 5.91 Å². The number of nitrogens with one attached hydrogen (secondary N) is 1. The van der Waals surface area contributed by atoms with Crippen molar-refractivity contribution >= 4 is 46.6 Å². The minimum atomic E-state index is -0.447. The Labute approximate surface area is 142 Å².